The molecule has 0 saturated carbocycles. The number of nitrogens with zero attached hydrogens (tertiary/aromatic N) is 4. The van der Waals surface area contributed by atoms with Crippen molar-refractivity contribution in [1.29, 1.82) is 0 Å². The van der Waals surface area contributed by atoms with Crippen LogP contribution in [0.4, 0.5) is 13.2 Å². The van der Waals surface area contributed by atoms with Crippen molar-refractivity contribution in [2.24, 2.45) is 5.16 Å². The van der Waals surface area contributed by atoms with E-state index in [1.807, 2.05) is 20.8 Å². The second kappa shape index (κ2) is 11.4. The van der Waals surface area contributed by atoms with Crippen LogP contribution in [0.1, 0.15) is 79.0 Å². The standard InChI is InChI=1S/C27H32F3N5O4S/c1-7-40(38,39)20-12-11-19(31-14-20)13-32-24(36)23-17(3)35(25(33-23)26(4,5)6)15-18-9-8-10-21(16(2)34-37)22(18)27(28,29)30/h8-12,14,37H,7,13,15H2,1-6H3,(H,32,36)/b34-16+. The topological polar surface area (TPSA) is 127 Å². The van der Waals surface area contributed by atoms with Crippen LogP contribution in [-0.4, -0.2) is 45.5 Å². The van der Waals surface area contributed by atoms with Crippen LogP contribution in [0.3, 0.4) is 0 Å². The summed E-state index contributed by atoms with van der Waals surface area (Å²) < 4.78 is 68.1. The molecule has 0 saturated heterocycles. The Balaban J connectivity index is 1.98. The highest BCUT2D eigenvalue weighted by Gasteiger charge is 2.37. The Labute approximate surface area is 231 Å². The molecule has 2 heterocycles. The number of alkyl halides is 3. The monoisotopic (exact) mass is 579 g/mol. The summed E-state index contributed by atoms with van der Waals surface area (Å²) in [7, 11) is -3.41. The smallest absolute Gasteiger partial charge is 0.411 e. The Morgan fingerprint density at radius 2 is 1.82 bits per heavy atom. The van der Waals surface area contributed by atoms with Crippen LogP contribution in [0.25, 0.3) is 0 Å². The molecule has 216 valence electrons. The minimum Gasteiger partial charge on any atom is -0.411 e. The molecule has 9 nitrogen and oxygen atoms in total. The molecule has 0 bridgehead atoms. The molecule has 13 heteroatoms. The number of amides is 1. The predicted molar refractivity (Wildman–Crippen MR) is 143 cm³/mol. The minimum absolute atomic E-state index is 0.0114. The lowest BCUT2D eigenvalue weighted by molar-refractivity contribution is -0.138. The molecule has 0 unspecified atom stereocenters. The zero-order valence-electron chi connectivity index (χ0n) is 23.1. The van der Waals surface area contributed by atoms with Gasteiger partial charge in [-0.15, -0.1) is 0 Å². The fraction of sp³-hybridized carbons (Fsp3) is 0.407. The summed E-state index contributed by atoms with van der Waals surface area (Å²) in [6.45, 7) is 9.70. The summed E-state index contributed by atoms with van der Waals surface area (Å²) in [4.78, 5) is 21.8. The summed E-state index contributed by atoms with van der Waals surface area (Å²) in [6.07, 6.45) is -3.50. The molecule has 40 heavy (non-hydrogen) atoms. The third-order valence-corrected chi connectivity index (χ3v) is 8.10. The number of hydrogen-bond donors (Lipinski definition) is 2. The molecule has 1 amide bonds. The summed E-state index contributed by atoms with van der Waals surface area (Å²) in [5.41, 5.74) is -1.21. The second-order valence-corrected chi connectivity index (χ2v) is 12.6. The molecule has 0 aliphatic carbocycles. The maximum Gasteiger partial charge on any atom is 0.417 e. The zero-order chi connectivity index (χ0) is 30.0. The molecule has 0 radical (unpaired) electrons. The number of halogens is 3. The van der Waals surface area contributed by atoms with E-state index in [1.165, 1.54) is 50.4 Å². The number of nitrogens with one attached hydrogen (secondary N) is 1. The van der Waals surface area contributed by atoms with E-state index in [-0.39, 0.29) is 46.3 Å². The van der Waals surface area contributed by atoms with Crippen LogP contribution in [0.2, 0.25) is 0 Å². The molecule has 2 N–H and O–H groups in total. The first-order valence-electron chi connectivity index (χ1n) is 12.4. The van der Waals surface area contributed by atoms with Gasteiger partial charge in [-0.25, -0.2) is 13.4 Å². The van der Waals surface area contributed by atoms with E-state index in [9.17, 15) is 26.4 Å². The normalized spacial score (nSPS) is 13.0. The van der Waals surface area contributed by atoms with E-state index in [0.717, 1.165) is 0 Å². The van der Waals surface area contributed by atoms with Crippen LogP contribution < -0.4 is 5.32 Å². The first kappa shape index (κ1) is 30.8. The van der Waals surface area contributed by atoms with E-state index < -0.39 is 32.9 Å². The molecule has 3 aromatic rings. The molecule has 0 aliphatic heterocycles. The van der Waals surface area contributed by atoms with Crippen molar-refractivity contribution in [3.8, 4) is 0 Å². The van der Waals surface area contributed by atoms with E-state index in [4.69, 9.17) is 5.21 Å². The highest BCUT2D eigenvalue weighted by atomic mass is 32.2. The first-order chi connectivity index (χ1) is 18.5. The highest BCUT2D eigenvalue weighted by molar-refractivity contribution is 7.91. The molecule has 2 aromatic heterocycles. The zero-order valence-corrected chi connectivity index (χ0v) is 23.9. The lowest BCUT2D eigenvalue weighted by Gasteiger charge is -2.23. The second-order valence-electron chi connectivity index (χ2n) is 10.3. The molecular formula is C27H32F3N5O4S. The quantitative estimate of drug-likeness (QED) is 0.223. The largest absolute Gasteiger partial charge is 0.417 e. The Morgan fingerprint density at radius 1 is 1.15 bits per heavy atom. The number of oxime groups is 1. The van der Waals surface area contributed by atoms with Crippen molar-refractivity contribution < 1.29 is 31.6 Å². The average Bonchev–Trinajstić information content (AvgIpc) is 3.22. The number of pyridine rings is 1. The predicted octanol–water partition coefficient (Wildman–Crippen LogP) is 4.87. The highest BCUT2D eigenvalue weighted by Crippen LogP contribution is 2.36. The third kappa shape index (κ3) is 6.52. The lowest BCUT2D eigenvalue weighted by atomic mass is 9.94. The van der Waals surface area contributed by atoms with Crippen LogP contribution in [0, 0.1) is 6.92 Å². The number of rotatable bonds is 8. The van der Waals surface area contributed by atoms with Crippen molar-refractivity contribution in [3.63, 3.8) is 0 Å². The first-order valence-corrected chi connectivity index (χ1v) is 14.1. The molecule has 0 spiro atoms. The van der Waals surface area contributed by atoms with Gasteiger partial charge >= 0.3 is 6.18 Å². The van der Waals surface area contributed by atoms with Crippen LogP contribution in [0.5, 0.6) is 0 Å². The van der Waals surface area contributed by atoms with Crippen LogP contribution >= 0.6 is 0 Å². The number of sulfone groups is 1. The number of carbonyl (C=O) groups is 1. The van der Waals surface area contributed by atoms with Gasteiger partial charge in [0.25, 0.3) is 5.91 Å². The fourth-order valence-corrected chi connectivity index (χ4v) is 5.05. The van der Waals surface area contributed by atoms with Crippen molar-refractivity contribution in [3.05, 3.63) is 76.1 Å². The van der Waals surface area contributed by atoms with Crippen LogP contribution in [-0.2, 0) is 34.5 Å². The molecule has 0 atom stereocenters. The Morgan fingerprint density at radius 3 is 2.35 bits per heavy atom. The lowest BCUT2D eigenvalue weighted by Crippen LogP contribution is -2.24. The Bertz CT molecular complexity index is 1540. The van der Waals surface area contributed by atoms with E-state index in [2.05, 4.69) is 20.4 Å². The average molecular weight is 580 g/mol. The van der Waals surface area contributed by atoms with Gasteiger partial charge in [0.2, 0.25) is 0 Å². The molecule has 3 rings (SSSR count). The van der Waals surface area contributed by atoms with E-state index >= 15 is 0 Å². The number of aromatic nitrogens is 3. The van der Waals surface area contributed by atoms with Crippen molar-refractivity contribution in [2.75, 3.05) is 5.75 Å². The van der Waals surface area contributed by atoms with Crippen LogP contribution in [0.15, 0.2) is 46.6 Å². The van der Waals surface area contributed by atoms with Crippen molar-refractivity contribution in [1.82, 2.24) is 19.9 Å². The SMILES string of the molecule is CCS(=O)(=O)c1ccc(CNC(=O)c2nc(C(C)(C)C)n(Cc3cccc(/C(C)=N/O)c3C(F)(F)F)c2C)nc1. The summed E-state index contributed by atoms with van der Waals surface area (Å²) in [5, 5.41) is 14.8. The molecular weight excluding hydrogens is 547 g/mol. The van der Waals surface area contributed by atoms with Gasteiger partial charge in [-0.2, -0.15) is 13.2 Å². The van der Waals surface area contributed by atoms with Gasteiger partial charge in [0.15, 0.2) is 9.84 Å². The van der Waals surface area contributed by atoms with Gasteiger partial charge < -0.3 is 15.1 Å². The third-order valence-electron chi connectivity index (χ3n) is 6.38. The van der Waals surface area contributed by atoms with Gasteiger partial charge in [0.1, 0.15) is 11.5 Å². The van der Waals surface area contributed by atoms with Gasteiger partial charge in [0, 0.05) is 29.4 Å². The van der Waals surface area contributed by atoms with Gasteiger partial charge in [0.05, 0.1) is 34.2 Å². The van der Waals surface area contributed by atoms with Gasteiger partial charge in [-0.05, 0) is 31.5 Å². The van der Waals surface area contributed by atoms with Gasteiger partial charge in [-0.1, -0.05) is 51.0 Å². The van der Waals surface area contributed by atoms with Crippen molar-refractivity contribution in [2.45, 2.75) is 71.1 Å². The fourth-order valence-electron chi connectivity index (χ4n) is 4.23. The maximum absolute atomic E-state index is 14.2. The summed E-state index contributed by atoms with van der Waals surface area (Å²) in [5.74, 6) is -0.207. The van der Waals surface area contributed by atoms with Gasteiger partial charge in [-0.3, -0.25) is 9.78 Å². The number of imidazole rings is 1. The van der Waals surface area contributed by atoms with Crippen molar-refractivity contribution >= 4 is 21.5 Å². The summed E-state index contributed by atoms with van der Waals surface area (Å²) >= 11 is 0. The number of benzene rings is 1. The Hall–Kier alpha value is -3.74. The molecule has 0 aliphatic rings. The number of carbonyl (C=O) groups excluding carboxylic acids is 1. The van der Waals surface area contributed by atoms with E-state index in [0.29, 0.717) is 17.2 Å². The maximum atomic E-state index is 14.2. The number of hydrogen-bond acceptors (Lipinski definition) is 7. The molecule has 1 aromatic carbocycles. The summed E-state index contributed by atoms with van der Waals surface area (Å²) in [6, 6.07) is 6.95. The minimum atomic E-state index is -4.73. The Kier molecular flexibility index (Phi) is 8.77. The van der Waals surface area contributed by atoms with E-state index in [1.54, 1.807) is 11.5 Å². The molecule has 0 fully saturated rings.